The molecule has 0 radical (unpaired) electrons. The topological polar surface area (TPSA) is 184 Å². The third-order valence-corrected chi connectivity index (χ3v) is 9.25. The summed E-state index contributed by atoms with van der Waals surface area (Å²) in [5, 5.41) is 37.7. The largest absolute Gasteiger partial charge is 0.507 e. The van der Waals surface area contributed by atoms with Crippen molar-refractivity contribution in [2.24, 2.45) is 5.73 Å². The number of nitrogens with zero attached hydrogens (tertiary/aromatic N) is 2. The first kappa shape index (κ1) is 30.0. The number of carbonyl (C=O) groups is 3. The maximum atomic E-state index is 13.8. The molecule has 1 aromatic rings. The van der Waals surface area contributed by atoms with Crippen molar-refractivity contribution in [3.63, 3.8) is 0 Å². The van der Waals surface area contributed by atoms with Gasteiger partial charge in [0.25, 0.3) is 0 Å². The Morgan fingerprint density at radius 1 is 1.10 bits per heavy atom. The second kappa shape index (κ2) is 10.7. The SMILES string of the molecule is COC1=C(C)C(=O)C2=C(C1=O)[C@H](CNC(=O)[C@H](C)N)N1[C@@H](O)[C@@H]3[C@@H](OC)c4c(O)c(C)c(OC)c(O)c4[C@H]([C@@H]1C2)N3C. The van der Waals surface area contributed by atoms with Crippen LogP contribution in [0.25, 0.3) is 0 Å². The minimum atomic E-state index is -1.29. The Balaban J connectivity index is 1.76. The molecule has 13 heteroatoms. The molecule has 1 saturated heterocycles. The predicted octanol–water partition coefficient (Wildman–Crippen LogP) is 0.0645. The quantitative estimate of drug-likeness (QED) is 0.224. The zero-order chi connectivity index (χ0) is 30.9. The van der Waals surface area contributed by atoms with Gasteiger partial charge in [-0.1, -0.05) is 0 Å². The van der Waals surface area contributed by atoms with E-state index < -0.39 is 54.2 Å². The number of aliphatic hydroxyl groups excluding tert-OH is 1. The number of hydrogen-bond acceptors (Lipinski definition) is 12. The fraction of sp³-hybridized carbons (Fsp3) is 0.552. The number of hydrogen-bond donors (Lipinski definition) is 5. The molecular weight excluding hydrogens is 548 g/mol. The van der Waals surface area contributed by atoms with Crippen LogP contribution < -0.4 is 15.8 Å². The number of phenols is 2. The number of nitrogens with two attached hydrogens (primary N) is 1. The molecule has 3 heterocycles. The number of Topliss-reactive ketones (excluding diaryl/α,β-unsaturated/α-hetero) is 2. The third kappa shape index (κ3) is 3.98. The van der Waals surface area contributed by atoms with Gasteiger partial charge in [0.05, 0.1) is 38.4 Å². The van der Waals surface area contributed by atoms with E-state index >= 15 is 0 Å². The standard InChI is InChI=1S/C29H38N4O9/c1-10-21(34)13-8-14-19-17-18(22(35)11(2)26(41-6)24(17)37)27(42-7)20(32(19)4)29(39)33(14)15(9-31-28(38)12(3)30)16(13)23(36)25(10)40-5/h12,14-15,19-20,27,29,35,37,39H,8-9,30H2,1-7H3,(H,31,38)/t12-,14-,15-,19-,20-,27-,29-/m0/s1. The molecule has 0 spiro atoms. The highest BCUT2D eigenvalue weighted by Crippen LogP contribution is 2.59. The summed E-state index contributed by atoms with van der Waals surface area (Å²) in [5.41, 5.74) is 7.30. The average Bonchev–Trinajstić information content (AvgIpc) is 2.95. The van der Waals surface area contributed by atoms with E-state index in [-0.39, 0.29) is 58.5 Å². The summed E-state index contributed by atoms with van der Waals surface area (Å²) in [5.74, 6) is -1.66. The number of allylic oxidation sites excluding steroid dienone is 2. The molecule has 0 unspecified atom stereocenters. The summed E-state index contributed by atoms with van der Waals surface area (Å²) in [4.78, 5) is 43.6. The van der Waals surface area contributed by atoms with E-state index in [1.54, 1.807) is 18.9 Å². The third-order valence-electron chi connectivity index (χ3n) is 9.25. The molecule has 7 atom stereocenters. The number of methoxy groups -OCH3 is 3. The van der Waals surface area contributed by atoms with Crippen molar-refractivity contribution in [1.29, 1.82) is 0 Å². The second-order valence-corrected chi connectivity index (χ2v) is 11.3. The van der Waals surface area contributed by atoms with Gasteiger partial charge in [0, 0.05) is 53.1 Å². The highest BCUT2D eigenvalue weighted by Gasteiger charge is 2.60. The van der Waals surface area contributed by atoms with Gasteiger partial charge in [-0.3, -0.25) is 24.2 Å². The summed E-state index contributed by atoms with van der Waals surface area (Å²) in [6, 6.07) is -3.93. The molecule has 13 nitrogen and oxygen atoms in total. The fourth-order valence-electron chi connectivity index (χ4n) is 7.34. The van der Waals surface area contributed by atoms with Crippen molar-refractivity contribution in [1.82, 2.24) is 15.1 Å². The lowest BCUT2D eigenvalue weighted by Crippen LogP contribution is -2.72. The number of rotatable bonds is 6. The number of piperazine rings is 1. The molecule has 2 bridgehead atoms. The van der Waals surface area contributed by atoms with E-state index in [9.17, 15) is 29.7 Å². The van der Waals surface area contributed by atoms with E-state index in [2.05, 4.69) is 5.32 Å². The molecule has 0 saturated carbocycles. The molecule has 3 aliphatic heterocycles. The van der Waals surface area contributed by atoms with Crippen LogP contribution in [0.5, 0.6) is 17.2 Å². The zero-order valence-electron chi connectivity index (χ0n) is 24.7. The molecule has 42 heavy (non-hydrogen) atoms. The number of aliphatic hydroxyl groups is 1. The number of amides is 1. The van der Waals surface area contributed by atoms with Crippen LogP contribution in [0.4, 0.5) is 0 Å². The lowest BCUT2D eigenvalue weighted by atomic mass is 9.70. The number of ether oxygens (including phenoxy) is 3. The molecule has 4 aliphatic rings. The molecule has 1 aromatic carbocycles. The van der Waals surface area contributed by atoms with Gasteiger partial charge in [0.15, 0.2) is 23.0 Å². The van der Waals surface area contributed by atoms with Crippen molar-refractivity contribution in [3.8, 4) is 17.2 Å². The molecular formula is C29H38N4O9. The summed E-state index contributed by atoms with van der Waals surface area (Å²) >= 11 is 0. The first-order valence-corrected chi connectivity index (χ1v) is 13.8. The molecule has 1 fully saturated rings. The molecule has 1 amide bonds. The second-order valence-electron chi connectivity index (χ2n) is 11.3. The van der Waals surface area contributed by atoms with Gasteiger partial charge in [0.1, 0.15) is 18.1 Å². The number of aromatic hydroxyl groups is 2. The van der Waals surface area contributed by atoms with E-state index in [0.29, 0.717) is 16.7 Å². The maximum Gasteiger partial charge on any atom is 0.236 e. The summed E-state index contributed by atoms with van der Waals surface area (Å²) in [7, 11) is 5.91. The Kier molecular flexibility index (Phi) is 7.60. The van der Waals surface area contributed by atoms with E-state index in [1.165, 1.54) is 35.2 Å². The first-order valence-electron chi connectivity index (χ1n) is 13.8. The van der Waals surface area contributed by atoms with Crippen molar-refractivity contribution in [3.05, 3.63) is 39.2 Å². The summed E-state index contributed by atoms with van der Waals surface area (Å²) in [6.45, 7) is 4.52. The monoisotopic (exact) mass is 586 g/mol. The number of fused-ring (bicyclic) bond motifs is 6. The van der Waals surface area contributed by atoms with Crippen LogP contribution in [0.2, 0.25) is 0 Å². The van der Waals surface area contributed by atoms with E-state index in [0.717, 1.165) is 0 Å². The number of phenolic OH excluding ortho intramolecular Hbond substituents is 2. The highest BCUT2D eigenvalue weighted by atomic mass is 16.5. The lowest BCUT2D eigenvalue weighted by Gasteiger charge is -2.61. The summed E-state index contributed by atoms with van der Waals surface area (Å²) < 4.78 is 16.7. The summed E-state index contributed by atoms with van der Waals surface area (Å²) in [6.07, 6.45) is -2.15. The zero-order valence-corrected chi connectivity index (χ0v) is 24.7. The van der Waals surface area contributed by atoms with Gasteiger partial charge in [-0.05, 0) is 34.2 Å². The number of likely N-dealkylation sites (N-methyl/N-ethyl adjacent to an activating group) is 1. The van der Waals surface area contributed by atoms with Gasteiger partial charge in [-0.2, -0.15) is 0 Å². The number of benzene rings is 1. The average molecular weight is 587 g/mol. The first-order chi connectivity index (χ1) is 19.8. The molecule has 5 rings (SSSR count). The van der Waals surface area contributed by atoms with Crippen molar-refractivity contribution in [2.75, 3.05) is 34.9 Å². The van der Waals surface area contributed by atoms with Crippen LogP contribution in [0.1, 0.15) is 49.1 Å². The van der Waals surface area contributed by atoms with Gasteiger partial charge in [-0.15, -0.1) is 0 Å². The van der Waals surface area contributed by atoms with Crippen LogP contribution in [0.15, 0.2) is 22.5 Å². The van der Waals surface area contributed by atoms with Crippen LogP contribution in [0, 0.1) is 6.92 Å². The van der Waals surface area contributed by atoms with Crippen LogP contribution in [-0.2, 0) is 23.9 Å². The van der Waals surface area contributed by atoms with Gasteiger partial charge >= 0.3 is 0 Å². The van der Waals surface area contributed by atoms with Crippen molar-refractivity contribution < 1.29 is 43.9 Å². The van der Waals surface area contributed by atoms with Gasteiger partial charge < -0.3 is 40.6 Å². The Labute approximate surface area is 243 Å². The fourth-order valence-corrected chi connectivity index (χ4v) is 7.34. The van der Waals surface area contributed by atoms with Crippen LogP contribution in [0.3, 0.4) is 0 Å². The molecule has 0 aromatic heterocycles. The van der Waals surface area contributed by atoms with Gasteiger partial charge in [-0.25, -0.2) is 0 Å². The van der Waals surface area contributed by atoms with E-state index in [4.69, 9.17) is 19.9 Å². The van der Waals surface area contributed by atoms with Crippen LogP contribution >= 0.6 is 0 Å². The Morgan fingerprint density at radius 2 is 1.76 bits per heavy atom. The number of nitrogens with one attached hydrogen (secondary N) is 1. The van der Waals surface area contributed by atoms with Crippen molar-refractivity contribution >= 4 is 17.5 Å². The van der Waals surface area contributed by atoms with Crippen molar-refractivity contribution in [2.45, 2.75) is 69.7 Å². The Morgan fingerprint density at radius 3 is 2.33 bits per heavy atom. The maximum absolute atomic E-state index is 13.8. The van der Waals surface area contributed by atoms with E-state index in [1.807, 2.05) is 4.90 Å². The number of ketones is 2. The minimum absolute atomic E-state index is 0.0399. The predicted molar refractivity (Wildman–Crippen MR) is 149 cm³/mol. The lowest BCUT2D eigenvalue weighted by molar-refractivity contribution is -0.198. The molecule has 1 aliphatic carbocycles. The Bertz CT molecular complexity index is 1430. The minimum Gasteiger partial charge on any atom is -0.507 e. The molecule has 228 valence electrons. The highest BCUT2D eigenvalue weighted by molar-refractivity contribution is 6.25. The molecule has 6 N–H and O–H groups in total. The van der Waals surface area contributed by atoms with Gasteiger partial charge in [0.2, 0.25) is 11.7 Å². The van der Waals surface area contributed by atoms with Crippen LogP contribution in [-0.4, -0.2) is 108 Å². The number of carbonyl (C=O) groups excluding carboxylic acids is 3. The smallest absolute Gasteiger partial charge is 0.236 e. The Hall–Kier alpha value is -3.49. The normalized spacial score (nSPS) is 30.0.